The molecule has 0 aliphatic carbocycles. The van der Waals surface area contributed by atoms with Crippen LogP contribution >= 0.6 is 0 Å². The molecule has 0 saturated heterocycles. The van der Waals surface area contributed by atoms with Crippen molar-refractivity contribution in [2.24, 2.45) is 0 Å². The maximum atomic E-state index is 5.53. The Morgan fingerprint density at radius 1 is 0.875 bits per heavy atom. The maximum absolute atomic E-state index is 5.53. The van der Waals surface area contributed by atoms with Crippen LogP contribution in [0.5, 0.6) is 11.5 Å². The van der Waals surface area contributed by atoms with E-state index >= 15 is 0 Å². The third-order valence-corrected chi connectivity index (χ3v) is 19.2. The molecular formula is C21H34O2Sn. The molecule has 0 saturated carbocycles. The Morgan fingerprint density at radius 3 is 2.04 bits per heavy atom. The van der Waals surface area contributed by atoms with Gasteiger partial charge < -0.3 is 0 Å². The molecule has 0 aromatic heterocycles. The zero-order valence-electron chi connectivity index (χ0n) is 15.8. The molecule has 1 heterocycles. The Kier molecular flexibility index (Phi) is 8.51. The minimum absolute atomic E-state index is 0.356. The van der Waals surface area contributed by atoms with E-state index in [1.165, 1.54) is 57.4 Å². The van der Waals surface area contributed by atoms with Crippen LogP contribution in [-0.4, -0.2) is 25.2 Å². The minimum atomic E-state index is -2.18. The first kappa shape index (κ1) is 19.7. The summed E-state index contributed by atoms with van der Waals surface area (Å²) in [6.07, 6.45) is 10.6. The van der Waals surface area contributed by atoms with Crippen LogP contribution < -0.4 is 9.47 Å². The number of hydrogen-bond donors (Lipinski definition) is 0. The van der Waals surface area contributed by atoms with E-state index in [9.17, 15) is 0 Å². The van der Waals surface area contributed by atoms with Crippen molar-refractivity contribution in [2.75, 3.05) is 6.79 Å². The van der Waals surface area contributed by atoms with Crippen molar-refractivity contribution >= 4 is 24.5 Å². The van der Waals surface area contributed by atoms with Crippen LogP contribution in [0, 0.1) is 0 Å². The van der Waals surface area contributed by atoms with Gasteiger partial charge in [-0.15, -0.1) is 0 Å². The van der Waals surface area contributed by atoms with E-state index in [4.69, 9.17) is 9.47 Å². The summed E-state index contributed by atoms with van der Waals surface area (Å²) in [7, 11) is 0. The van der Waals surface area contributed by atoms with Crippen LogP contribution in [0.4, 0.5) is 0 Å². The molecule has 0 radical (unpaired) electrons. The molecule has 3 heteroatoms. The van der Waals surface area contributed by atoms with Crippen molar-refractivity contribution in [3.8, 4) is 11.5 Å². The van der Waals surface area contributed by atoms with Gasteiger partial charge in [-0.1, -0.05) is 0 Å². The fourth-order valence-corrected chi connectivity index (χ4v) is 17.7. The van der Waals surface area contributed by atoms with Gasteiger partial charge in [0.15, 0.2) is 0 Å². The number of benzene rings is 1. The fraction of sp³-hybridized carbons (Fsp3) is 0.619. The summed E-state index contributed by atoms with van der Waals surface area (Å²) < 4.78 is 18.2. The first-order chi connectivity index (χ1) is 11.7. The standard InChI is InChI=1S/C9H7O2.3C4H9.Sn/c1-2-7-3-4-8-9(5-7)11-6-10-8;3*1-3-4-2;/h1-5H,6H2;3*1,3-4H2,2H3;. The van der Waals surface area contributed by atoms with Crippen molar-refractivity contribution in [1.82, 2.24) is 0 Å². The molecule has 1 aromatic rings. The molecule has 1 aliphatic heterocycles. The van der Waals surface area contributed by atoms with Gasteiger partial charge in [0.05, 0.1) is 0 Å². The molecule has 134 valence electrons. The van der Waals surface area contributed by atoms with Gasteiger partial charge in [-0.05, 0) is 0 Å². The average molecular weight is 437 g/mol. The van der Waals surface area contributed by atoms with Gasteiger partial charge in [0.1, 0.15) is 0 Å². The SMILES string of the molecule is CCC[CH2][Sn](/[CH]=C/c1ccc2c(c1)OCO2)([CH2]CCC)[CH2]CCC. The van der Waals surface area contributed by atoms with Gasteiger partial charge in [0.25, 0.3) is 0 Å². The Bertz CT molecular complexity index is 503. The third-order valence-electron chi connectivity index (χ3n) is 5.11. The van der Waals surface area contributed by atoms with Gasteiger partial charge in [0, 0.05) is 0 Å². The number of ether oxygens (including phenoxy) is 2. The molecule has 0 unspecified atom stereocenters. The molecule has 0 N–H and O–H groups in total. The molecule has 0 atom stereocenters. The summed E-state index contributed by atoms with van der Waals surface area (Å²) >= 11 is -2.18. The number of fused-ring (bicyclic) bond motifs is 1. The Balaban J connectivity index is 2.16. The van der Waals surface area contributed by atoms with Crippen LogP contribution in [-0.2, 0) is 0 Å². The van der Waals surface area contributed by atoms with Crippen LogP contribution in [0.2, 0.25) is 13.3 Å². The molecule has 2 rings (SSSR count). The number of unbranched alkanes of at least 4 members (excludes halogenated alkanes) is 3. The number of hydrogen-bond acceptors (Lipinski definition) is 2. The molecule has 0 fully saturated rings. The Labute approximate surface area is 152 Å². The predicted octanol–water partition coefficient (Wildman–Crippen LogP) is 6.82. The fourth-order valence-electron chi connectivity index (χ4n) is 3.50. The van der Waals surface area contributed by atoms with E-state index in [-0.39, 0.29) is 0 Å². The molecular weight excluding hydrogens is 403 g/mol. The van der Waals surface area contributed by atoms with Gasteiger partial charge in [0.2, 0.25) is 0 Å². The van der Waals surface area contributed by atoms with Gasteiger partial charge in [-0.2, -0.15) is 0 Å². The average Bonchev–Trinajstić information content (AvgIpc) is 3.08. The molecule has 1 aromatic carbocycles. The molecule has 2 nitrogen and oxygen atoms in total. The predicted molar refractivity (Wildman–Crippen MR) is 106 cm³/mol. The molecule has 0 bridgehead atoms. The van der Waals surface area contributed by atoms with E-state index in [0.717, 1.165) is 11.5 Å². The first-order valence-corrected chi connectivity index (χ1v) is 17.5. The second kappa shape index (κ2) is 10.4. The molecule has 0 amide bonds. The zero-order valence-corrected chi connectivity index (χ0v) is 18.6. The van der Waals surface area contributed by atoms with Crippen LogP contribution in [0.1, 0.15) is 64.9 Å². The normalized spacial score (nSPS) is 13.8. The van der Waals surface area contributed by atoms with Crippen molar-refractivity contribution in [2.45, 2.75) is 72.6 Å². The van der Waals surface area contributed by atoms with Crippen molar-refractivity contribution < 1.29 is 9.47 Å². The van der Waals surface area contributed by atoms with Crippen LogP contribution in [0.15, 0.2) is 22.3 Å². The van der Waals surface area contributed by atoms with Gasteiger partial charge in [-0.3, -0.25) is 0 Å². The number of rotatable bonds is 11. The summed E-state index contributed by atoms with van der Waals surface area (Å²) in [6.45, 7) is 7.35. The van der Waals surface area contributed by atoms with Crippen LogP contribution in [0.3, 0.4) is 0 Å². The second-order valence-electron chi connectivity index (χ2n) is 7.12. The van der Waals surface area contributed by atoms with E-state index in [1.807, 2.05) is 6.07 Å². The molecule has 1 aliphatic rings. The summed E-state index contributed by atoms with van der Waals surface area (Å²) in [6, 6.07) is 6.35. The van der Waals surface area contributed by atoms with Crippen LogP contribution in [0.25, 0.3) is 6.08 Å². The van der Waals surface area contributed by atoms with Crippen molar-refractivity contribution in [1.29, 1.82) is 0 Å². The van der Waals surface area contributed by atoms with E-state index < -0.39 is 18.4 Å². The summed E-state index contributed by atoms with van der Waals surface area (Å²) in [4.78, 5) is 0. The first-order valence-electron chi connectivity index (χ1n) is 9.82. The topological polar surface area (TPSA) is 18.5 Å². The Morgan fingerprint density at radius 2 is 1.46 bits per heavy atom. The van der Waals surface area contributed by atoms with Crippen molar-refractivity contribution in [3.63, 3.8) is 0 Å². The van der Waals surface area contributed by atoms with Gasteiger partial charge in [-0.25, -0.2) is 0 Å². The summed E-state index contributed by atoms with van der Waals surface area (Å²) in [5, 5.41) is 0. The van der Waals surface area contributed by atoms with Crippen molar-refractivity contribution in [3.05, 3.63) is 27.9 Å². The third kappa shape index (κ3) is 5.71. The monoisotopic (exact) mass is 438 g/mol. The van der Waals surface area contributed by atoms with E-state index in [0.29, 0.717) is 6.79 Å². The second-order valence-corrected chi connectivity index (χ2v) is 20.1. The molecule has 0 spiro atoms. The zero-order chi connectivity index (χ0) is 17.3. The molecule has 24 heavy (non-hydrogen) atoms. The Hall–Kier alpha value is -0.641. The summed E-state index contributed by atoms with van der Waals surface area (Å²) in [5.41, 5.74) is 1.27. The van der Waals surface area contributed by atoms with Gasteiger partial charge >= 0.3 is 153 Å². The van der Waals surface area contributed by atoms with E-state index in [1.54, 1.807) is 0 Å². The summed E-state index contributed by atoms with van der Waals surface area (Å²) in [5.74, 6) is 1.78. The quantitative estimate of drug-likeness (QED) is 0.354. The van der Waals surface area contributed by atoms with E-state index in [2.05, 4.69) is 43.1 Å².